The van der Waals surface area contributed by atoms with E-state index in [0.29, 0.717) is 21.6 Å². The van der Waals surface area contributed by atoms with Gasteiger partial charge in [0.2, 0.25) is 5.91 Å². The van der Waals surface area contributed by atoms with E-state index in [1.54, 1.807) is 0 Å². The summed E-state index contributed by atoms with van der Waals surface area (Å²) in [6.45, 7) is 0. The number of thioether (sulfide) groups is 1. The minimum Gasteiger partial charge on any atom is -0.316 e. The summed E-state index contributed by atoms with van der Waals surface area (Å²) < 4.78 is 2.16. The highest BCUT2D eigenvalue weighted by Gasteiger charge is 2.27. The number of thiophene rings is 1. The molecule has 0 spiro atoms. The third-order valence-corrected chi connectivity index (χ3v) is 8.57. The van der Waals surface area contributed by atoms with E-state index in [2.05, 4.69) is 26.2 Å². The first-order valence-electron chi connectivity index (χ1n) is 10.8. The van der Waals surface area contributed by atoms with Crippen LogP contribution in [0.15, 0.2) is 29.4 Å². The Morgan fingerprint density at radius 2 is 2.06 bits per heavy atom. The summed E-state index contributed by atoms with van der Waals surface area (Å²) in [6.07, 6.45) is 7.50. The van der Waals surface area contributed by atoms with Crippen LogP contribution < -0.4 is 5.32 Å². The Hall–Kier alpha value is -2.34. The van der Waals surface area contributed by atoms with Crippen molar-refractivity contribution in [2.75, 3.05) is 11.1 Å². The number of aryl methyl sites for hydroxylation is 1. The van der Waals surface area contributed by atoms with Gasteiger partial charge < -0.3 is 5.32 Å². The van der Waals surface area contributed by atoms with Crippen molar-refractivity contribution >= 4 is 45.6 Å². The van der Waals surface area contributed by atoms with E-state index in [0.717, 1.165) is 54.2 Å². The Labute approximate surface area is 200 Å². The summed E-state index contributed by atoms with van der Waals surface area (Å²) in [6, 6.07) is 10.2. The number of hydrogen-bond acceptors (Lipinski definition) is 6. The lowest BCUT2D eigenvalue weighted by molar-refractivity contribution is -0.113. The first-order chi connectivity index (χ1) is 15.7. The maximum Gasteiger partial charge on any atom is 0.235 e. The maximum absolute atomic E-state index is 12.7. The zero-order chi connectivity index (χ0) is 22.1. The highest BCUT2D eigenvalue weighted by molar-refractivity contribution is 7.99. The molecule has 9 heteroatoms. The zero-order valence-electron chi connectivity index (χ0n) is 17.4. The second-order valence-corrected chi connectivity index (χ2v) is 10.6. The molecule has 1 fully saturated rings. The van der Waals surface area contributed by atoms with Gasteiger partial charge in [-0.2, -0.15) is 5.26 Å². The lowest BCUT2D eigenvalue weighted by Gasteiger charge is -2.17. The van der Waals surface area contributed by atoms with Crippen LogP contribution in [0.2, 0.25) is 5.02 Å². The molecule has 0 radical (unpaired) electrons. The molecule has 1 saturated carbocycles. The SMILES string of the molecule is N#Cc1c(NC(=O)CSc2nnc(-c3ccccc3Cl)n2C2CCCC2)sc2c1CCC2. The van der Waals surface area contributed by atoms with Gasteiger partial charge in [0.25, 0.3) is 0 Å². The molecule has 1 aromatic carbocycles. The zero-order valence-corrected chi connectivity index (χ0v) is 19.8. The number of halogens is 1. The quantitative estimate of drug-likeness (QED) is 0.443. The van der Waals surface area contributed by atoms with Crippen molar-refractivity contribution < 1.29 is 4.79 Å². The smallest absolute Gasteiger partial charge is 0.235 e. The fourth-order valence-electron chi connectivity index (χ4n) is 4.60. The van der Waals surface area contributed by atoms with E-state index in [4.69, 9.17) is 11.6 Å². The molecule has 2 aliphatic carbocycles. The molecule has 0 aliphatic heterocycles. The van der Waals surface area contributed by atoms with Gasteiger partial charge in [-0.15, -0.1) is 21.5 Å². The van der Waals surface area contributed by atoms with Crippen LogP contribution >= 0.6 is 34.7 Å². The van der Waals surface area contributed by atoms with Crippen molar-refractivity contribution in [3.8, 4) is 17.5 Å². The van der Waals surface area contributed by atoms with Gasteiger partial charge in [0, 0.05) is 16.5 Å². The number of nitrogens with zero attached hydrogens (tertiary/aromatic N) is 4. The molecular weight excluding hydrogens is 462 g/mol. The van der Waals surface area contributed by atoms with E-state index in [1.807, 2.05) is 24.3 Å². The normalized spacial score (nSPS) is 15.6. The van der Waals surface area contributed by atoms with E-state index in [9.17, 15) is 10.1 Å². The molecule has 0 atom stereocenters. The second-order valence-electron chi connectivity index (χ2n) is 8.10. The predicted molar refractivity (Wildman–Crippen MR) is 128 cm³/mol. The third-order valence-electron chi connectivity index (χ3n) is 6.09. The molecule has 0 unspecified atom stereocenters. The summed E-state index contributed by atoms with van der Waals surface area (Å²) in [5.74, 6) is 0.833. The van der Waals surface area contributed by atoms with Gasteiger partial charge in [-0.05, 0) is 49.8 Å². The van der Waals surface area contributed by atoms with Crippen LogP contribution in [0.5, 0.6) is 0 Å². The van der Waals surface area contributed by atoms with Crippen LogP contribution in [0.4, 0.5) is 5.00 Å². The summed E-state index contributed by atoms with van der Waals surface area (Å²) in [5, 5.41) is 23.4. The van der Waals surface area contributed by atoms with Crippen LogP contribution in [0, 0.1) is 11.3 Å². The molecule has 2 heterocycles. The lowest BCUT2D eigenvalue weighted by Crippen LogP contribution is -2.15. The van der Waals surface area contributed by atoms with E-state index in [-0.39, 0.29) is 11.7 Å². The predicted octanol–water partition coefficient (Wildman–Crippen LogP) is 5.87. The summed E-state index contributed by atoms with van der Waals surface area (Å²) in [7, 11) is 0. The Kier molecular flexibility index (Phi) is 6.22. The Balaban J connectivity index is 1.35. The molecule has 6 nitrogen and oxygen atoms in total. The second kappa shape index (κ2) is 9.26. The first kappa shape index (κ1) is 21.5. The molecule has 0 bridgehead atoms. The van der Waals surface area contributed by atoms with Crippen molar-refractivity contribution in [2.24, 2.45) is 0 Å². The van der Waals surface area contributed by atoms with Crippen molar-refractivity contribution in [1.29, 1.82) is 5.26 Å². The molecule has 0 saturated heterocycles. The summed E-state index contributed by atoms with van der Waals surface area (Å²) in [4.78, 5) is 14.0. The van der Waals surface area contributed by atoms with Crippen LogP contribution in [0.1, 0.15) is 54.1 Å². The summed E-state index contributed by atoms with van der Waals surface area (Å²) >= 11 is 9.37. The van der Waals surface area contributed by atoms with Gasteiger partial charge in [0.15, 0.2) is 11.0 Å². The maximum atomic E-state index is 12.7. The van der Waals surface area contributed by atoms with E-state index < -0.39 is 0 Å². The molecule has 1 N–H and O–H groups in total. The number of benzene rings is 1. The Bertz CT molecular complexity index is 1210. The van der Waals surface area contributed by atoms with E-state index in [1.165, 1.54) is 40.8 Å². The van der Waals surface area contributed by atoms with Crippen molar-refractivity contribution in [3.05, 3.63) is 45.3 Å². The monoisotopic (exact) mass is 483 g/mol. The van der Waals surface area contributed by atoms with Gasteiger partial charge in [0.05, 0.1) is 16.3 Å². The van der Waals surface area contributed by atoms with Crippen molar-refractivity contribution in [3.63, 3.8) is 0 Å². The fraction of sp³-hybridized carbons (Fsp3) is 0.391. The fourth-order valence-corrected chi connectivity index (χ4v) is 6.88. The average Bonchev–Trinajstić information content (AvgIpc) is 3.56. The standard InChI is InChI=1S/C23H22ClN5OS2/c24-18-10-4-3-8-16(18)21-27-28-23(29(21)14-6-1-2-7-14)31-13-20(30)26-22-17(12-25)15-9-5-11-19(15)32-22/h3-4,8,10,14H,1-2,5-7,9,11,13H2,(H,26,30). The van der Waals surface area contributed by atoms with E-state index >= 15 is 0 Å². The van der Waals surface area contributed by atoms with Gasteiger partial charge >= 0.3 is 0 Å². The lowest BCUT2D eigenvalue weighted by atomic mass is 10.1. The molecule has 1 amide bonds. The average molecular weight is 484 g/mol. The van der Waals surface area contributed by atoms with Crippen LogP contribution in [-0.2, 0) is 17.6 Å². The minimum atomic E-state index is -0.133. The van der Waals surface area contributed by atoms with Crippen LogP contribution in [0.3, 0.4) is 0 Å². The number of hydrogen-bond donors (Lipinski definition) is 1. The van der Waals surface area contributed by atoms with Gasteiger partial charge in [-0.1, -0.05) is 48.3 Å². The molecular formula is C23H22ClN5OS2. The van der Waals surface area contributed by atoms with Gasteiger partial charge in [-0.25, -0.2) is 0 Å². The molecule has 2 aliphatic rings. The number of amides is 1. The number of aromatic nitrogens is 3. The van der Waals surface area contributed by atoms with Gasteiger partial charge in [-0.3, -0.25) is 9.36 Å². The number of fused-ring (bicyclic) bond motifs is 1. The third kappa shape index (κ3) is 4.05. The Morgan fingerprint density at radius 3 is 2.84 bits per heavy atom. The van der Waals surface area contributed by atoms with Crippen LogP contribution in [-0.4, -0.2) is 26.4 Å². The largest absolute Gasteiger partial charge is 0.316 e. The summed E-state index contributed by atoms with van der Waals surface area (Å²) in [5.41, 5.74) is 2.61. The first-order valence-corrected chi connectivity index (χ1v) is 13.0. The molecule has 5 rings (SSSR count). The number of carbonyl (C=O) groups is 1. The number of nitrogens with one attached hydrogen (secondary N) is 1. The Morgan fingerprint density at radius 1 is 1.25 bits per heavy atom. The number of anilines is 1. The number of carbonyl (C=O) groups excluding carboxylic acids is 1. The van der Waals surface area contributed by atoms with Crippen LogP contribution in [0.25, 0.3) is 11.4 Å². The molecule has 32 heavy (non-hydrogen) atoms. The molecule has 2 aromatic heterocycles. The number of rotatable bonds is 6. The molecule has 3 aromatic rings. The molecule has 164 valence electrons. The van der Waals surface area contributed by atoms with Crippen molar-refractivity contribution in [1.82, 2.24) is 14.8 Å². The van der Waals surface area contributed by atoms with Crippen molar-refractivity contribution in [2.45, 2.75) is 56.1 Å². The number of nitriles is 1. The topological polar surface area (TPSA) is 83.6 Å². The van der Waals surface area contributed by atoms with Gasteiger partial charge in [0.1, 0.15) is 11.1 Å². The highest BCUT2D eigenvalue weighted by Crippen LogP contribution is 2.40. The minimum absolute atomic E-state index is 0.133. The highest BCUT2D eigenvalue weighted by atomic mass is 35.5.